The largest absolute Gasteiger partial charge is 0.465 e. The van der Waals surface area contributed by atoms with Crippen molar-refractivity contribution in [3.8, 4) is 0 Å². The summed E-state index contributed by atoms with van der Waals surface area (Å²) in [6.07, 6.45) is 1.63. The molecule has 0 saturated heterocycles. The van der Waals surface area contributed by atoms with Crippen molar-refractivity contribution in [1.82, 2.24) is 14.3 Å². The van der Waals surface area contributed by atoms with Gasteiger partial charge in [-0.3, -0.25) is 0 Å². The maximum absolute atomic E-state index is 11.9. The quantitative estimate of drug-likeness (QED) is 0.694. The van der Waals surface area contributed by atoms with Gasteiger partial charge in [-0.05, 0) is 18.2 Å². The number of aromatic amines is 1. The molecule has 136 valence electrons. The summed E-state index contributed by atoms with van der Waals surface area (Å²) in [5.74, 6) is 0.506. The van der Waals surface area contributed by atoms with E-state index in [1.54, 1.807) is 13.2 Å². The maximum atomic E-state index is 11.9. The minimum atomic E-state index is -0.318. The first-order chi connectivity index (χ1) is 12.7. The van der Waals surface area contributed by atoms with Gasteiger partial charge in [0.2, 0.25) is 5.13 Å². The van der Waals surface area contributed by atoms with Crippen LogP contribution in [0.2, 0.25) is 0 Å². The highest BCUT2D eigenvalue weighted by Crippen LogP contribution is 2.31. The monoisotopic (exact) mass is 372 g/mol. The first-order valence-corrected chi connectivity index (χ1v) is 9.25. The number of methoxy groups -OCH3 is 2. The number of H-pyrrole nitrogens is 1. The maximum Gasteiger partial charge on any atom is 0.337 e. The van der Waals surface area contributed by atoms with Gasteiger partial charge in [0.25, 0.3) is 0 Å². The van der Waals surface area contributed by atoms with E-state index in [9.17, 15) is 4.79 Å². The summed E-state index contributed by atoms with van der Waals surface area (Å²) in [5.41, 5.74) is 4.05. The van der Waals surface area contributed by atoms with Gasteiger partial charge in [-0.25, -0.2) is 9.78 Å². The molecule has 3 aromatic rings. The van der Waals surface area contributed by atoms with Gasteiger partial charge >= 0.3 is 5.97 Å². The topological polar surface area (TPSA) is 80.3 Å². The third kappa shape index (κ3) is 3.06. The Kier molecular flexibility index (Phi) is 4.60. The second-order valence-corrected chi connectivity index (χ2v) is 6.97. The Labute approximate surface area is 155 Å². The van der Waals surface area contributed by atoms with E-state index in [1.807, 2.05) is 12.1 Å². The number of nitrogens with zero attached hydrogens (tertiary/aromatic N) is 3. The normalized spacial score (nSPS) is 13.8. The Balaban J connectivity index is 1.62. The van der Waals surface area contributed by atoms with E-state index in [1.165, 1.54) is 29.9 Å². The molecular weight excluding hydrogens is 352 g/mol. The first-order valence-electron chi connectivity index (χ1n) is 8.48. The number of aromatic nitrogens is 3. The number of carbonyl (C=O) groups is 1. The summed E-state index contributed by atoms with van der Waals surface area (Å²) in [4.78, 5) is 22.2. The molecule has 4 rings (SSSR count). The lowest BCUT2D eigenvalue weighted by atomic mass is 10.0. The van der Waals surface area contributed by atoms with Gasteiger partial charge in [-0.1, -0.05) is 0 Å². The molecule has 0 unspecified atom stereocenters. The molecule has 0 amide bonds. The standard InChI is InChI=1S/C18H20N4O3S/c1-24-8-6-16-20-18(26-21-16)22-7-5-15-13(10-22)12-9-11(17(23)25-2)3-4-14(12)19-15/h3-4,9,19H,5-8,10H2,1-2H3. The van der Waals surface area contributed by atoms with E-state index < -0.39 is 0 Å². The highest BCUT2D eigenvalue weighted by atomic mass is 32.1. The second-order valence-electron chi connectivity index (χ2n) is 6.24. The third-order valence-electron chi connectivity index (χ3n) is 4.65. The predicted molar refractivity (Wildman–Crippen MR) is 99.9 cm³/mol. The van der Waals surface area contributed by atoms with E-state index in [0.29, 0.717) is 12.2 Å². The number of fused-ring (bicyclic) bond motifs is 3. The number of ether oxygens (including phenoxy) is 2. The van der Waals surface area contributed by atoms with Crippen molar-refractivity contribution in [2.75, 3.05) is 32.3 Å². The molecule has 8 heteroatoms. The molecule has 1 N–H and O–H groups in total. The molecule has 3 heterocycles. The van der Waals surface area contributed by atoms with Gasteiger partial charge in [0.15, 0.2) is 0 Å². The summed E-state index contributed by atoms with van der Waals surface area (Å²) in [6.45, 7) is 2.26. The lowest BCUT2D eigenvalue weighted by Gasteiger charge is -2.26. The molecule has 1 aliphatic rings. The predicted octanol–water partition coefficient (Wildman–Crippen LogP) is 2.56. The van der Waals surface area contributed by atoms with Crippen molar-refractivity contribution in [2.45, 2.75) is 19.4 Å². The zero-order valence-electron chi connectivity index (χ0n) is 14.7. The highest BCUT2D eigenvalue weighted by Gasteiger charge is 2.23. The fourth-order valence-corrected chi connectivity index (χ4v) is 4.03. The Morgan fingerprint density at radius 2 is 2.27 bits per heavy atom. The molecule has 1 aromatic carbocycles. The number of hydrogen-bond donors (Lipinski definition) is 1. The summed E-state index contributed by atoms with van der Waals surface area (Å²) in [6, 6.07) is 5.64. The minimum absolute atomic E-state index is 0.318. The lowest BCUT2D eigenvalue weighted by Crippen LogP contribution is -2.30. The number of benzene rings is 1. The Morgan fingerprint density at radius 1 is 1.38 bits per heavy atom. The van der Waals surface area contributed by atoms with E-state index in [-0.39, 0.29) is 5.97 Å². The van der Waals surface area contributed by atoms with Crippen LogP contribution in [0.4, 0.5) is 5.13 Å². The van der Waals surface area contributed by atoms with Gasteiger partial charge in [0.05, 0.1) is 19.3 Å². The minimum Gasteiger partial charge on any atom is -0.465 e. The molecule has 0 atom stereocenters. The molecule has 1 aliphatic heterocycles. The number of carbonyl (C=O) groups excluding carboxylic acids is 1. The molecule has 0 bridgehead atoms. The molecule has 7 nitrogen and oxygen atoms in total. The Hall–Kier alpha value is -2.45. The van der Waals surface area contributed by atoms with E-state index in [4.69, 9.17) is 9.47 Å². The van der Waals surface area contributed by atoms with Crippen LogP contribution in [0.15, 0.2) is 18.2 Å². The fraction of sp³-hybridized carbons (Fsp3) is 0.389. The van der Waals surface area contributed by atoms with Crippen LogP contribution in [0.5, 0.6) is 0 Å². The van der Waals surface area contributed by atoms with Gasteiger partial charge in [-0.2, -0.15) is 4.37 Å². The van der Waals surface area contributed by atoms with Crippen LogP contribution in [-0.2, 0) is 28.9 Å². The van der Waals surface area contributed by atoms with Gasteiger partial charge in [0, 0.05) is 66.7 Å². The van der Waals surface area contributed by atoms with Crippen LogP contribution in [0.1, 0.15) is 27.4 Å². The van der Waals surface area contributed by atoms with Crippen molar-refractivity contribution < 1.29 is 14.3 Å². The number of hydrogen-bond acceptors (Lipinski definition) is 7. The molecule has 0 saturated carbocycles. The third-order valence-corrected chi connectivity index (χ3v) is 5.47. The van der Waals surface area contributed by atoms with Crippen LogP contribution in [0.25, 0.3) is 10.9 Å². The van der Waals surface area contributed by atoms with E-state index in [2.05, 4.69) is 19.2 Å². The SMILES string of the molecule is COCCc1nsc(N2CCc3[nH]c4ccc(C(=O)OC)cc4c3C2)n1. The molecule has 2 aromatic heterocycles. The van der Waals surface area contributed by atoms with Gasteiger partial charge in [0.1, 0.15) is 5.82 Å². The van der Waals surface area contributed by atoms with Crippen LogP contribution in [0, 0.1) is 0 Å². The van der Waals surface area contributed by atoms with Crippen molar-refractivity contribution in [3.05, 3.63) is 40.8 Å². The number of nitrogens with one attached hydrogen (secondary N) is 1. The average Bonchev–Trinajstić information content (AvgIpc) is 3.29. The van der Waals surface area contributed by atoms with Crippen LogP contribution < -0.4 is 4.90 Å². The summed E-state index contributed by atoms with van der Waals surface area (Å²) < 4.78 is 14.4. The lowest BCUT2D eigenvalue weighted by molar-refractivity contribution is 0.0601. The Morgan fingerprint density at radius 3 is 3.08 bits per heavy atom. The molecule has 0 fully saturated rings. The van der Waals surface area contributed by atoms with Crippen molar-refractivity contribution in [2.24, 2.45) is 0 Å². The number of rotatable bonds is 5. The summed E-state index contributed by atoms with van der Waals surface area (Å²) in [5, 5.41) is 2.00. The highest BCUT2D eigenvalue weighted by molar-refractivity contribution is 7.09. The second kappa shape index (κ2) is 7.05. The summed E-state index contributed by atoms with van der Waals surface area (Å²) >= 11 is 1.43. The number of esters is 1. The van der Waals surface area contributed by atoms with E-state index in [0.717, 1.165) is 47.8 Å². The van der Waals surface area contributed by atoms with Gasteiger partial charge < -0.3 is 19.4 Å². The van der Waals surface area contributed by atoms with Crippen LogP contribution in [-0.4, -0.2) is 47.7 Å². The van der Waals surface area contributed by atoms with Gasteiger partial charge in [-0.15, -0.1) is 0 Å². The molecule has 26 heavy (non-hydrogen) atoms. The first kappa shape index (κ1) is 17.0. The molecule has 0 spiro atoms. The molecular formula is C18H20N4O3S. The average molecular weight is 372 g/mol. The van der Waals surface area contributed by atoms with Crippen molar-refractivity contribution in [3.63, 3.8) is 0 Å². The zero-order chi connectivity index (χ0) is 18.1. The van der Waals surface area contributed by atoms with Crippen molar-refractivity contribution in [1.29, 1.82) is 0 Å². The fourth-order valence-electron chi connectivity index (χ4n) is 3.29. The van der Waals surface area contributed by atoms with Crippen molar-refractivity contribution >= 4 is 33.5 Å². The molecule has 0 radical (unpaired) electrons. The smallest absolute Gasteiger partial charge is 0.337 e. The number of anilines is 1. The van der Waals surface area contributed by atoms with Crippen LogP contribution in [0.3, 0.4) is 0 Å². The van der Waals surface area contributed by atoms with E-state index >= 15 is 0 Å². The summed E-state index contributed by atoms with van der Waals surface area (Å²) in [7, 11) is 3.08. The Bertz CT molecular complexity index is 949. The zero-order valence-corrected chi connectivity index (χ0v) is 15.6. The molecule has 0 aliphatic carbocycles. The van der Waals surface area contributed by atoms with Crippen LogP contribution >= 0.6 is 11.5 Å².